The van der Waals surface area contributed by atoms with Gasteiger partial charge >= 0.3 is 0 Å². The molecular weight excluding hydrogens is 396 g/mol. The molecule has 31 heavy (non-hydrogen) atoms. The van der Waals surface area contributed by atoms with Crippen LogP contribution in [0.3, 0.4) is 0 Å². The Labute approximate surface area is 185 Å². The number of carbonyl (C=O) groups excluding carboxylic acids is 1. The first-order valence-corrected chi connectivity index (χ1v) is 11.2. The van der Waals surface area contributed by atoms with E-state index >= 15 is 0 Å². The number of nitrogens with zero attached hydrogens (tertiary/aromatic N) is 2. The lowest BCUT2D eigenvalue weighted by Crippen LogP contribution is -2.44. The molecule has 0 bridgehead atoms. The first-order valence-electron chi connectivity index (χ1n) is 11.2. The summed E-state index contributed by atoms with van der Waals surface area (Å²) in [6.07, 6.45) is 5.89. The van der Waals surface area contributed by atoms with Gasteiger partial charge < -0.3 is 29.7 Å². The molecule has 2 aliphatic rings. The van der Waals surface area contributed by atoms with E-state index in [1.165, 1.54) is 12.8 Å². The number of benzene rings is 1. The number of aliphatic imine (C=N–C) groups is 1. The summed E-state index contributed by atoms with van der Waals surface area (Å²) in [5.74, 6) is 2.66. The first kappa shape index (κ1) is 23.2. The van der Waals surface area contributed by atoms with E-state index in [4.69, 9.17) is 19.2 Å². The van der Waals surface area contributed by atoms with Crippen molar-refractivity contribution in [2.75, 3.05) is 47.5 Å². The molecular formula is C23H36N4O4. The van der Waals surface area contributed by atoms with Gasteiger partial charge in [-0.15, -0.1) is 0 Å². The zero-order valence-electron chi connectivity index (χ0n) is 19.0. The van der Waals surface area contributed by atoms with Gasteiger partial charge in [-0.2, -0.15) is 0 Å². The number of likely N-dealkylation sites (N-methyl/N-ethyl adjacent to an activating group) is 1. The molecule has 0 aromatic heterocycles. The lowest BCUT2D eigenvalue weighted by atomic mass is 10.1. The Balaban J connectivity index is 1.69. The smallest absolute Gasteiger partial charge is 0.241 e. The third-order valence-electron chi connectivity index (χ3n) is 5.77. The minimum Gasteiger partial charge on any atom is -0.497 e. The van der Waals surface area contributed by atoms with E-state index in [0.717, 1.165) is 56.1 Å². The van der Waals surface area contributed by atoms with Crippen LogP contribution in [0, 0.1) is 5.92 Å². The molecule has 1 aromatic rings. The molecule has 3 rings (SSSR count). The van der Waals surface area contributed by atoms with Crippen molar-refractivity contribution in [1.29, 1.82) is 0 Å². The lowest BCUT2D eigenvalue weighted by molar-refractivity contribution is -0.127. The highest BCUT2D eigenvalue weighted by Gasteiger charge is 2.19. The maximum Gasteiger partial charge on any atom is 0.241 e. The van der Waals surface area contributed by atoms with E-state index < -0.39 is 0 Å². The van der Waals surface area contributed by atoms with Gasteiger partial charge in [0, 0.05) is 44.8 Å². The number of guanidine groups is 1. The van der Waals surface area contributed by atoms with E-state index in [9.17, 15) is 4.79 Å². The highest BCUT2D eigenvalue weighted by molar-refractivity contribution is 5.86. The molecule has 1 saturated carbocycles. The Morgan fingerprint density at radius 2 is 2.03 bits per heavy atom. The molecule has 8 heteroatoms. The summed E-state index contributed by atoms with van der Waals surface area (Å²) >= 11 is 0. The number of ether oxygens (including phenoxy) is 3. The molecule has 1 amide bonds. The number of hydrogen-bond acceptors (Lipinski definition) is 5. The second kappa shape index (κ2) is 11.8. The highest BCUT2D eigenvalue weighted by atomic mass is 16.5. The first-order chi connectivity index (χ1) is 15.0. The van der Waals surface area contributed by atoms with E-state index in [0.29, 0.717) is 18.4 Å². The van der Waals surface area contributed by atoms with E-state index in [1.807, 2.05) is 18.2 Å². The number of methoxy groups -OCH3 is 1. The molecule has 1 aromatic carbocycles. The van der Waals surface area contributed by atoms with Crippen molar-refractivity contribution in [1.82, 2.24) is 15.5 Å². The van der Waals surface area contributed by atoms with E-state index in [1.54, 1.807) is 26.1 Å². The highest BCUT2D eigenvalue weighted by Crippen LogP contribution is 2.30. The molecule has 2 fully saturated rings. The predicted octanol–water partition coefficient (Wildman–Crippen LogP) is 2.18. The SMILES string of the molecule is COc1ccc(CN=C(NCC(=O)N(C)C)NCC2CCOC2)c(OC2CCCC2)c1. The molecule has 1 aliphatic carbocycles. The Morgan fingerprint density at radius 1 is 1.23 bits per heavy atom. The lowest BCUT2D eigenvalue weighted by Gasteiger charge is -2.18. The predicted molar refractivity (Wildman–Crippen MR) is 121 cm³/mol. The fraction of sp³-hybridized carbons (Fsp3) is 0.652. The molecule has 2 N–H and O–H groups in total. The van der Waals surface area contributed by atoms with Crippen molar-refractivity contribution >= 4 is 11.9 Å². The zero-order chi connectivity index (χ0) is 22.1. The van der Waals surface area contributed by atoms with Crippen molar-refractivity contribution in [3.05, 3.63) is 23.8 Å². The van der Waals surface area contributed by atoms with Crippen LogP contribution < -0.4 is 20.1 Å². The normalized spacial score (nSPS) is 19.3. The second-order valence-electron chi connectivity index (χ2n) is 8.42. The van der Waals surface area contributed by atoms with Crippen molar-refractivity contribution in [3.63, 3.8) is 0 Å². The largest absolute Gasteiger partial charge is 0.497 e. The van der Waals surface area contributed by atoms with Gasteiger partial charge in [-0.25, -0.2) is 4.99 Å². The quantitative estimate of drug-likeness (QED) is 0.460. The summed E-state index contributed by atoms with van der Waals surface area (Å²) in [4.78, 5) is 18.3. The van der Waals surface area contributed by atoms with Crippen molar-refractivity contribution in [2.24, 2.45) is 10.9 Å². The van der Waals surface area contributed by atoms with Gasteiger partial charge in [-0.05, 0) is 44.2 Å². The van der Waals surface area contributed by atoms with Gasteiger partial charge in [0.25, 0.3) is 0 Å². The van der Waals surface area contributed by atoms with Gasteiger partial charge in [-0.1, -0.05) is 0 Å². The third kappa shape index (κ3) is 7.31. The van der Waals surface area contributed by atoms with Gasteiger partial charge in [0.1, 0.15) is 11.5 Å². The van der Waals surface area contributed by atoms with Gasteiger partial charge in [0.05, 0.1) is 32.9 Å². The average molecular weight is 433 g/mol. The van der Waals surface area contributed by atoms with Crippen LogP contribution in [-0.4, -0.2) is 70.4 Å². The van der Waals surface area contributed by atoms with Crippen LogP contribution >= 0.6 is 0 Å². The molecule has 0 radical (unpaired) electrons. The molecule has 1 saturated heterocycles. The fourth-order valence-electron chi connectivity index (χ4n) is 3.73. The van der Waals surface area contributed by atoms with Gasteiger partial charge in [0.2, 0.25) is 5.91 Å². The minimum atomic E-state index is -0.00611. The molecule has 1 unspecified atom stereocenters. The molecule has 1 atom stereocenters. The Bertz CT molecular complexity index is 741. The maximum atomic E-state index is 12.0. The summed E-state index contributed by atoms with van der Waals surface area (Å²) in [5, 5.41) is 6.52. The average Bonchev–Trinajstić information content (AvgIpc) is 3.47. The van der Waals surface area contributed by atoms with Crippen LogP contribution in [0.15, 0.2) is 23.2 Å². The van der Waals surface area contributed by atoms with Crippen LogP contribution in [0.5, 0.6) is 11.5 Å². The zero-order valence-corrected chi connectivity index (χ0v) is 19.0. The van der Waals surface area contributed by atoms with Gasteiger partial charge in [0.15, 0.2) is 5.96 Å². The van der Waals surface area contributed by atoms with Crippen molar-refractivity contribution < 1.29 is 19.0 Å². The topological polar surface area (TPSA) is 84.4 Å². The van der Waals surface area contributed by atoms with Crippen molar-refractivity contribution in [3.8, 4) is 11.5 Å². The van der Waals surface area contributed by atoms with Crippen LogP contribution in [0.25, 0.3) is 0 Å². The third-order valence-corrected chi connectivity index (χ3v) is 5.77. The number of rotatable bonds is 9. The summed E-state index contributed by atoms with van der Waals surface area (Å²) < 4.78 is 17.1. The Morgan fingerprint density at radius 3 is 2.71 bits per heavy atom. The summed E-state index contributed by atoms with van der Waals surface area (Å²) in [5.41, 5.74) is 0.997. The van der Waals surface area contributed by atoms with E-state index in [2.05, 4.69) is 10.6 Å². The molecule has 172 valence electrons. The van der Waals surface area contributed by atoms with Gasteiger partial charge in [-0.3, -0.25) is 4.79 Å². The minimum absolute atomic E-state index is 0.00611. The summed E-state index contributed by atoms with van der Waals surface area (Å²) in [6.45, 7) is 2.95. The second-order valence-corrected chi connectivity index (χ2v) is 8.42. The van der Waals surface area contributed by atoms with Crippen molar-refractivity contribution in [2.45, 2.75) is 44.8 Å². The number of carbonyl (C=O) groups is 1. The standard InChI is InChI=1S/C23H36N4O4/c1-27(2)22(28)15-26-23(24-13-17-10-11-30-16-17)25-14-18-8-9-20(29-3)12-21(18)31-19-6-4-5-7-19/h8-9,12,17,19H,4-7,10-11,13-16H2,1-3H3,(H2,24,25,26). The van der Waals surface area contributed by atoms with Crippen LogP contribution in [0.4, 0.5) is 0 Å². The maximum absolute atomic E-state index is 12.0. The molecule has 1 heterocycles. The number of nitrogens with one attached hydrogen (secondary N) is 2. The number of amides is 1. The molecule has 0 spiro atoms. The monoisotopic (exact) mass is 432 g/mol. The Hall–Kier alpha value is -2.48. The Kier molecular flexibility index (Phi) is 8.82. The van der Waals surface area contributed by atoms with Crippen LogP contribution in [-0.2, 0) is 16.1 Å². The fourth-order valence-corrected chi connectivity index (χ4v) is 3.73. The van der Waals surface area contributed by atoms with Crippen LogP contribution in [0.1, 0.15) is 37.7 Å². The molecule has 8 nitrogen and oxygen atoms in total. The van der Waals surface area contributed by atoms with E-state index in [-0.39, 0.29) is 18.6 Å². The summed E-state index contributed by atoms with van der Waals surface area (Å²) in [6, 6.07) is 5.87. The summed E-state index contributed by atoms with van der Waals surface area (Å²) in [7, 11) is 5.15. The van der Waals surface area contributed by atoms with Crippen LogP contribution in [0.2, 0.25) is 0 Å². The molecule has 1 aliphatic heterocycles. The number of hydrogen-bond donors (Lipinski definition) is 2.